The summed E-state index contributed by atoms with van der Waals surface area (Å²) in [6, 6.07) is 8.74. The van der Waals surface area contributed by atoms with Crippen LogP contribution in [0, 0.1) is 11.8 Å². The largest absolute Gasteiger partial charge is 0.481 e. The minimum absolute atomic E-state index is 0.617. The summed E-state index contributed by atoms with van der Waals surface area (Å²) < 4.78 is 0. The summed E-state index contributed by atoms with van der Waals surface area (Å²) in [6.45, 7) is 4.60. The molecule has 2 fully saturated rings. The van der Waals surface area contributed by atoms with Crippen LogP contribution in [0.25, 0.3) is 0 Å². The molecule has 1 N–H and O–H groups in total. The first-order valence-corrected chi connectivity index (χ1v) is 11.4. The van der Waals surface area contributed by atoms with Crippen molar-refractivity contribution in [2.24, 2.45) is 11.8 Å². The van der Waals surface area contributed by atoms with E-state index in [1.165, 1.54) is 56.9 Å². The van der Waals surface area contributed by atoms with E-state index in [2.05, 4.69) is 38.1 Å². The molecule has 150 valence electrons. The topological polar surface area (TPSA) is 37.3 Å². The average molecular weight is 371 g/mol. The van der Waals surface area contributed by atoms with Crippen molar-refractivity contribution in [1.82, 2.24) is 0 Å². The van der Waals surface area contributed by atoms with E-state index in [1.54, 1.807) is 0 Å². The summed E-state index contributed by atoms with van der Waals surface area (Å²) >= 11 is 0. The first-order chi connectivity index (χ1) is 13.0. The predicted octanol–water partition coefficient (Wildman–Crippen LogP) is 7.07. The monoisotopic (exact) mass is 370 g/mol. The van der Waals surface area contributed by atoms with E-state index in [0.717, 1.165) is 43.1 Å². The average Bonchev–Trinajstić information content (AvgIpc) is 2.69. The molecule has 1 aromatic rings. The molecule has 0 spiro atoms. The lowest BCUT2D eigenvalue weighted by atomic mass is 9.65. The lowest BCUT2D eigenvalue weighted by Gasteiger charge is -2.37. The molecule has 1 aromatic carbocycles. The van der Waals surface area contributed by atoms with Crippen molar-refractivity contribution in [3.63, 3.8) is 0 Å². The van der Waals surface area contributed by atoms with Crippen LogP contribution in [-0.2, 0) is 10.2 Å². The van der Waals surface area contributed by atoms with Crippen LogP contribution in [0.3, 0.4) is 0 Å². The second kappa shape index (κ2) is 9.26. The third-order valence-electron chi connectivity index (χ3n) is 7.53. The van der Waals surface area contributed by atoms with E-state index in [-0.39, 0.29) is 0 Å². The second-order valence-corrected chi connectivity index (χ2v) is 9.41. The zero-order valence-corrected chi connectivity index (χ0v) is 17.4. The number of hydrogen-bond donors (Lipinski definition) is 1. The fourth-order valence-electron chi connectivity index (χ4n) is 5.44. The number of benzene rings is 1. The first-order valence-electron chi connectivity index (χ1n) is 11.4. The van der Waals surface area contributed by atoms with Crippen molar-refractivity contribution in [2.75, 3.05) is 0 Å². The zero-order chi connectivity index (χ0) is 19.3. The van der Waals surface area contributed by atoms with Crippen LogP contribution >= 0.6 is 0 Å². The summed E-state index contributed by atoms with van der Waals surface area (Å²) in [6.07, 6.45) is 14.1. The van der Waals surface area contributed by atoms with Crippen LogP contribution in [0.1, 0.15) is 108 Å². The van der Waals surface area contributed by atoms with Gasteiger partial charge in [0.25, 0.3) is 0 Å². The van der Waals surface area contributed by atoms with E-state index >= 15 is 0 Å². The van der Waals surface area contributed by atoms with Gasteiger partial charge in [0.2, 0.25) is 0 Å². The molecule has 3 rings (SSSR count). The van der Waals surface area contributed by atoms with Gasteiger partial charge in [-0.1, -0.05) is 76.6 Å². The van der Waals surface area contributed by atoms with Gasteiger partial charge in [-0.2, -0.15) is 0 Å². The number of carboxylic acid groups (broad SMARTS) is 1. The fraction of sp³-hybridized carbons (Fsp3) is 0.720. The minimum Gasteiger partial charge on any atom is -0.481 e. The van der Waals surface area contributed by atoms with Gasteiger partial charge in [0, 0.05) is 0 Å². The Morgan fingerprint density at radius 3 is 2.19 bits per heavy atom. The van der Waals surface area contributed by atoms with Gasteiger partial charge in [-0.15, -0.1) is 0 Å². The van der Waals surface area contributed by atoms with Crippen LogP contribution in [0.2, 0.25) is 0 Å². The lowest BCUT2D eigenvalue weighted by Crippen LogP contribution is -2.39. The summed E-state index contributed by atoms with van der Waals surface area (Å²) in [5, 5.41) is 10.1. The molecule has 0 heterocycles. The van der Waals surface area contributed by atoms with Crippen molar-refractivity contribution >= 4 is 5.97 Å². The van der Waals surface area contributed by atoms with Crippen molar-refractivity contribution in [2.45, 2.75) is 102 Å². The molecule has 0 saturated heterocycles. The summed E-state index contributed by atoms with van der Waals surface area (Å²) in [4.78, 5) is 12.3. The molecule has 2 aliphatic rings. The summed E-state index contributed by atoms with van der Waals surface area (Å²) in [5.74, 6) is 1.65. The Bertz CT molecular complexity index is 587. The second-order valence-electron chi connectivity index (χ2n) is 9.41. The Hall–Kier alpha value is -1.31. The van der Waals surface area contributed by atoms with Gasteiger partial charge in [0.15, 0.2) is 0 Å². The van der Waals surface area contributed by atoms with Gasteiger partial charge in [-0.25, -0.2) is 0 Å². The third kappa shape index (κ3) is 4.76. The lowest BCUT2D eigenvalue weighted by molar-refractivity contribution is -0.145. The SMILES string of the molecule is CCCCCC1CCC(C(=O)O)(c2ccc(C3CCC(C)CC3)cc2)CC1. The maximum Gasteiger partial charge on any atom is 0.314 e. The molecule has 0 atom stereocenters. The normalized spacial score (nSPS) is 31.6. The molecule has 2 heteroatoms. The Labute approximate surface area is 165 Å². The summed E-state index contributed by atoms with van der Waals surface area (Å²) in [5.41, 5.74) is 1.80. The molecule has 0 amide bonds. The molecule has 27 heavy (non-hydrogen) atoms. The molecule has 0 bridgehead atoms. The van der Waals surface area contributed by atoms with E-state index in [0.29, 0.717) is 5.92 Å². The standard InChI is InChI=1S/C25H38O2/c1-3-4-5-6-20-15-17-25(18-16-20,24(26)27)23-13-11-22(12-14-23)21-9-7-19(2)8-10-21/h11-14,19-21H,3-10,15-18H2,1-2H3,(H,26,27). The zero-order valence-electron chi connectivity index (χ0n) is 17.4. The van der Waals surface area contributed by atoms with Crippen LogP contribution in [0.15, 0.2) is 24.3 Å². The maximum atomic E-state index is 12.3. The quantitative estimate of drug-likeness (QED) is 0.521. The molecule has 0 radical (unpaired) electrons. The van der Waals surface area contributed by atoms with Gasteiger partial charge in [-0.05, 0) is 67.4 Å². The number of aliphatic carboxylic acids is 1. The smallest absolute Gasteiger partial charge is 0.314 e. The highest BCUT2D eigenvalue weighted by Crippen LogP contribution is 2.44. The number of carbonyl (C=O) groups is 1. The molecule has 2 aliphatic carbocycles. The van der Waals surface area contributed by atoms with Gasteiger partial charge in [0.1, 0.15) is 0 Å². The van der Waals surface area contributed by atoms with E-state index in [1.807, 2.05) is 0 Å². The highest BCUT2D eigenvalue weighted by Gasteiger charge is 2.43. The molecular formula is C25H38O2. The number of carboxylic acids is 1. The molecule has 0 aliphatic heterocycles. The predicted molar refractivity (Wildman–Crippen MR) is 112 cm³/mol. The van der Waals surface area contributed by atoms with Gasteiger partial charge in [0.05, 0.1) is 5.41 Å². The minimum atomic E-state index is -0.652. The molecule has 0 aromatic heterocycles. The van der Waals surface area contributed by atoms with E-state index < -0.39 is 11.4 Å². The van der Waals surface area contributed by atoms with Crippen LogP contribution in [0.5, 0.6) is 0 Å². The Kier molecular flexibility index (Phi) is 7.00. The van der Waals surface area contributed by atoms with Crippen LogP contribution in [-0.4, -0.2) is 11.1 Å². The number of rotatable bonds is 7. The molecule has 0 unspecified atom stereocenters. The maximum absolute atomic E-state index is 12.3. The Morgan fingerprint density at radius 2 is 1.63 bits per heavy atom. The van der Waals surface area contributed by atoms with Crippen LogP contribution < -0.4 is 0 Å². The summed E-state index contributed by atoms with van der Waals surface area (Å²) in [7, 11) is 0. The fourth-order valence-corrected chi connectivity index (χ4v) is 5.44. The van der Waals surface area contributed by atoms with Crippen molar-refractivity contribution < 1.29 is 9.90 Å². The Morgan fingerprint density at radius 1 is 1.00 bits per heavy atom. The highest BCUT2D eigenvalue weighted by atomic mass is 16.4. The van der Waals surface area contributed by atoms with Gasteiger partial charge in [-0.3, -0.25) is 4.79 Å². The van der Waals surface area contributed by atoms with Gasteiger partial charge >= 0.3 is 5.97 Å². The molecule has 2 nitrogen and oxygen atoms in total. The van der Waals surface area contributed by atoms with E-state index in [4.69, 9.17) is 0 Å². The number of hydrogen-bond acceptors (Lipinski definition) is 1. The molecular weight excluding hydrogens is 332 g/mol. The number of unbranched alkanes of at least 4 members (excludes halogenated alkanes) is 2. The van der Waals surface area contributed by atoms with E-state index in [9.17, 15) is 9.90 Å². The first kappa shape index (κ1) is 20.4. The third-order valence-corrected chi connectivity index (χ3v) is 7.53. The van der Waals surface area contributed by atoms with Crippen molar-refractivity contribution in [3.05, 3.63) is 35.4 Å². The van der Waals surface area contributed by atoms with Crippen molar-refractivity contribution in [3.8, 4) is 0 Å². The molecule has 2 saturated carbocycles. The van der Waals surface area contributed by atoms with Crippen LogP contribution in [0.4, 0.5) is 0 Å². The van der Waals surface area contributed by atoms with Crippen molar-refractivity contribution in [1.29, 1.82) is 0 Å². The highest BCUT2D eigenvalue weighted by molar-refractivity contribution is 5.81. The van der Waals surface area contributed by atoms with Gasteiger partial charge < -0.3 is 5.11 Å². The Balaban J connectivity index is 1.66.